The van der Waals surface area contributed by atoms with Gasteiger partial charge in [-0.15, -0.1) is 10.2 Å². The first kappa shape index (κ1) is 118. The van der Waals surface area contributed by atoms with Crippen LogP contribution in [-0.4, -0.2) is 446 Å². The van der Waals surface area contributed by atoms with E-state index in [9.17, 15) is 88.0 Å². The molecule has 0 aliphatic carbocycles. The van der Waals surface area contributed by atoms with Crippen LogP contribution in [-0.2, 0) is 60.7 Å². The Bertz CT molecular complexity index is 4560. The van der Waals surface area contributed by atoms with Crippen LogP contribution < -0.4 is 11.5 Å². The summed E-state index contributed by atoms with van der Waals surface area (Å²) in [7, 11) is -30.8. The monoisotopic (exact) mass is 1920 g/mol. The number of aliphatic hydroxyl groups is 18. The molecule has 0 aliphatic heterocycles. The first-order chi connectivity index (χ1) is 59.2. The zero-order valence-electron chi connectivity index (χ0n) is 68.1. The Morgan fingerprint density at radius 3 is 0.611 bits per heavy atom. The number of aromatic hydroxyl groups is 2. The Hall–Kier alpha value is -7.52. The van der Waals surface area contributed by atoms with Gasteiger partial charge in [0.05, 0.1) is 140 Å². The summed E-state index contributed by atoms with van der Waals surface area (Å²) >= 11 is 0. The fourth-order valence-electron chi connectivity index (χ4n) is 10.7. The van der Waals surface area contributed by atoms with Gasteiger partial charge in [-0.3, -0.25) is 56.7 Å². The summed E-state index contributed by atoms with van der Waals surface area (Å²) < 4.78 is 204. The summed E-state index contributed by atoms with van der Waals surface area (Å²) in [4.78, 5) is 4.96. The molecule has 720 valence electrons. The normalized spacial score (nSPS) is 12.2. The number of nitrogens with two attached hydrogens (primary N) is 2. The van der Waals surface area contributed by atoms with E-state index in [0.29, 0.717) is 154 Å². The molecule has 30 N–H and O–H groups in total. The first-order valence-electron chi connectivity index (χ1n) is 37.4. The molecule has 6 aromatic rings. The number of anilines is 2. The fourth-order valence-corrected chi connectivity index (χ4v) is 14.5. The maximum Gasteiger partial charge on any atom is 0.296 e. The second-order valence-electron chi connectivity index (χ2n) is 25.5. The minimum atomic E-state index is -5.29. The largest absolute Gasteiger partial charge is 0.505 e. The number of benzene rings is 6. The van der Waals surface area contributed by atoms with Crippen LogP contribution >= 0.6 is 0 Å². The molecule has 0 heterocycles. The summed E-state index contributed by atoms with van der Waals surface area (Å²) in [5.74, 6) is -2.14. The molecular weight excluding hydrogens is 1810 g/mol. The summed E-state index contributed by atoms with van der Waals surface area (Å²) in [6.45, 7) is 10.5. The number of azo groups is 2. The SMILES string of the molecule is Nc1cc(S(=O)(=O)O)cc2cc(S(=O)(=O)O)c(N=Nc3ccc(/C=C/c4ccc(N=Nc5c(S(=O)(=O)O)cc6cc(S(=O)(=O)O)cc(N)c6c5O)cc4S(=O)(=O)O)c(S(=O)(=O)O)c3)c(O)c12.OCCN(CCO)CCO.OCCN(CCO)CCO.OCCN(CCO)CCO.OCCN(CCO)CCO.OCCN(CCO)CCO.OCCN(CCO)CCO. The summed E-state index contributed by atoms with van der Waals surface area (Å²) in [5.41, 5.74) is 6.99. The van der Waals surface area contributed by atoms with Gasteiger partial charge in [0.2, 0.25) is 0 Å². The minimum absolute atomic E-state index is 0.0694. The highest BCUT2D eigenvalue weighted by Crippen LogP contribution is 2.46. The molecule has 0 amide bonds. The van der Waals surface area contributed by atoms with E-state index in [4.69, 9.17) is 103 Å². The second kappa shape index (κ2) is 61.9. The second-order valence-corrected chi connectivity index (χ2v) is 33.9. The summed E-state index contributed by atoms with van der Waals surface area (Å²) in [5, 5.41) is 188. The van der Waals surface area contributed by atoms with Crippen molar-refractivity contribution in [3.8, 4) is 11.5 Å². The van der Waals surface area contributed by atoms with E-state index < -0.39 is 157 Å². The number of nitrogen functional groups attached to an aromatic ring is 2. The molecular formula is C70H116N12O38S6. The number of phenols is 2. The molecule has 0 aliphatic rings. The van der Waals surface area contributed by atoms with Crippen LogP contribution in [0.5, 0.6) is 11.5 Å². The van der Waals surface area contributed by atoms with E-state index >= 15 is 0 Å². The molecule has 50 nitrogen and oxygen atoms in total. The van der Waals surface area contributed by atoms with E-state index in [0.717, 1.165) is 48.6 Å². The molecule has 126 heavy (non-hydrogen) atoms. The van der Waals surface area contributed by atoms with Crippen molar-refractivity contribution in [1.82, 2.24) is 29.4 Å². The van der Waals surface area contributed by atoms with Gasteiger partial charge in [0, 0.05) is 140 Å². The third-order valence-electron chi connectivity index (χ3n) is 16.5. The van der Waals surface area contributed by atoms with Gasteiger partial charge in [-0.2, -0.15) is 60.7 Å². The zero-order valence-corrected chi connectivity index (χ0v) is 73.0. The predicted molar refractivity (Wildman–Crippen MR) is 455 cm³/mol. The van der Waals surface area contributed by atoms with Crippen molar-refractivity contribution in [2.45, 2.75) is 29.4 Å². The molecule has 0 fully saturated rings. The molecule has 0 radical (unpaired) electrons. The number of nitrogens with zero attached hydrogens (tertiary/aromatic N) is 10. The van der Waals surface area contributed by atoms with E-state index in [-0.39, 0.29) is 130 Å². The van der Waals surface area contributed by atoms with Crippen molar-refractivity contribution >= 4 is 129 Å². The average molecular weight is 1930 g/mol. The smallest absolute Gasteiger partial charge is 0.296 e. The Morgan fingerprint density at radius 2 is 0.444 bits per heavy atom. The van der Waals surface area contributed by atoms with Crippen molar-refractivity contribution < 1.29 is 180 Å². The van der Waals surface area contributed by atoms with E-state index in [1.54, 1.807) is 29.4 Å². The molecule has 0 bridgehead atoms. The van der Waals surface area contributed by atoms with Gasteiger partial charge < -0.3 is 114 Å². The number of aliphatic hydroxyl groups excluding tert-OH is 18. The first-order valence-corrected chi connectivity index (χ1v) is 46.0. The Morgan fingerprint density at radius 1 is 0.254 bits per heavy atom. The lowest BCUT2D eigenvalue weighted by Crippen LogP contribution is -2.32. The van der Waals surface area contributed by atoms with Gasteiger partial charge >= 0.3 is 0 Å². The van der Waals surface area contributed by atoms with Crippen molar-refractivity contribution in [2.24, 2.45) is 20.5 Å². The third kappa shape index (κ3) is 44.2. The van der Waals surface area contributed by atoms with Crippen LogP contribution in [0.25, 0.3) is 33.7 Å². The number of hydrogen-bond donors (Lipinski definition) is 28. The lowest BCUT2D eigenvalue weighted by Gasteiger charge is -2.17. The highest BCUT2D eigenvalue weighted by atomic mass is 32.2. The van der Waals surface area contributed by atoms with E-state index in [1.807, 2.05) is 0 Å². The quantitative estimate of drug-likeness (QED) is 0.00734. The number of hydrogen-bond acceptors (Lipinski definition) is 44. The number of rotatable bonds is 48. The average Bonchev–Trinajstić information content (AvgIpc) is 0.756. The molecule has 6 rings (SSSR count). The predicted octanol–water partition coefficient (Wildman–Crippen LogP) is -5.36. The zero-order chi connectivity index (χ0) is 96.2. The fraction of sp³-hybridized carbons (Fsp3) is 0.514. The molecule has 0 atom stereocenters. The van der Waals surface area contributed by atoms with Gasteiger partial charge in [0.25, 0.3) is 60.7 Å². The van der Waals surface area contributed by atoms with Crippen molar-refractivity contribution in [2.75, 3.05) is 248 Å². The molecule has 0 saturated carbocycles. The molecule has 56 heteroatoms. The third-order valence-corrected chi connectivity index (χ3v) is 21.7. The molecule has 0 aromatic heterocycles. The van der Waals surface area contributed by atoms with Crippen LogP contribution in [0.2, 0.25) is 0 Å². The Balaban J connectivity index is 0.00000206. The Labute approximate surface area is 727 Å². The van der Waals surface area contributed by atoms with Crippen LogP contribution in [0, 0.1) is 0 Å². The highest BCUT2D eigenvalue weighted by Gasteiger charge is 2.28. The van der Waals surface area contributed by atoms with Crippen LogP contribution in [0.3, 0.4) is 0 Å². The number of fused-ring (bicyclic) bond motifs is 2. The van der Waals surface area contributed by atoms with Crippen LogP contribution in [0.4, 0.5) is 34.1 Å². The molecule has 6 aromatic carbocycles. The van der Waals surface area contributed by atoms with Gasteiger partial charge in [-0.05, 0) is 82.6 Å². The van der Waals surface area contributed by atoms with Gasteiger partial charge in [0.15, 0.2) is 11.5 Å². The molecule has 0 spiro atoms. The minimum Gasteiger partial charge on any atom is -0.505 e. The van der Waals surface area contributed by atoms with Gasteiger partial charge in [-0.1, -0.05) is 24.3 Å². The molecule has 0 unspecified atom stereocenters. The topological polar surface area (TPSA) is 852 Å². The van der Waals surface area contributed by atoms with E-state index in [1.165, 1.54) is 0 Å². The highest BCUT2D eigenvalue weighted by molar-refractivity contribution is 7.87. The maximum atomic E-state index is 12.5. The van der Waals surface area contributed by atoms with Crippen molar-refractivity contribution in [3.63, 3.8) is 0 Å². The van der Waals surface area contributed by atoms with Crippen molar-refractivity contribution in [3.05, 3.63) is 83.9 Å². The lowest BCUT2D eigenvalue weighted by atomic mass is 10.1. The maximum absolute atomic E-state index is 12.5. The Kier molecular flexibility index (Phi) is 58.2. The standard InChI is InChI=1S/C34H26N6O20S6.6C6H15NO3/c35-23-13-21(61(43,44)45)7-17-9-27(65(55,56)57)31(33(41)29(17)23)39-37-19-5-3-15(25(11-19)63(49,50)51)1-2-16-4-6-20(12-26(16)64(52,53)54)38-40-32-28(66(58,59)60)10-18-8-22(62(46,47)48)14-24(36)30(18)34(32)42;6*8-4-1-7(2-5-9)3-6-10/h1-14,41-42H,35-36H2,(H,43,44,45)(H,46,47,48)(H,49,50,51)(H,52,53,54)(H,55,56,57)(H,58,59,60);6*8-10H,1-6H2/b2-1+,39-37?,40-38?;;;;;;. The van der Waals surface area contributed by atoms with Gasteiger partial charge in [0.1, 0.15) is 31.0 Å². The van der Waals surface area contributed by atoms with Crippen LogP contribution in [0.15, 0.2) is 123 Å². The van der Waals surface area contributed by atoms with Crippen molar-refractivity contribution in [1.29, 1.82) is 0 Å². The van der Waals surface area contributed by atoms with Gasteiger partial charge in [-0.25, -0.2) is 0 Å². The van der Waals surface area contributed by atoms with E-state index in [2.05, 4.69) is 20.5 Å². The summed E-state index contributed by atoms with van der Waals surface area (Å²) in [6, 6.07) is 9.48. The summed E-state index contributed by atoms with van der Waals surface area (Å²) in [6.07, 6.45) is 1.85. The number of phenolic OH excluding ortho intramolecular Hbond substituents is 2. The molecule has 0 saturated heterocycles. The van der Waals surface area contributed by atoms with Crippen LogP contribution in [0.1, 0.15) is 11.1 Å². The lowest BCUT2D eigenvalue weighted by molar-refractivity contribution is 0.136.